The van der Waals surface area contributed by atoms with Gasteiger partial charge in [-0.1, -0.05) is 6.07 Å². The summed E-state index contributed by atoms with van der Waals surface area (Å²) in [5, 5.41) is 18.8. The fourth-order valence-electron chi connectivity index (χ4n) is 3.42. The minimum Gasteiger partial charge on any atom is -0.508 e. The van der Waals surface area contributed by atoms with Crippen molar-refractivity contribution in [3.8, 4) is 11.8 Å². The molecule has 1 N–H and O–H groups in total. The topological polar surface area (TPSA) is 44.0 Å². The molecular weight excluding hydrogens is 198 g/mol. The summed E-state index contributed by atoms with van der Waals surface area (Å²) in [7, 11) is 0. The number of phenolic OH excluding ortho intramolecular Hbond substituents is 1. The monoisotopic (exact) mass is 213 g/mol. The highest BCUT2D eigenvalue weighted by Gasteiger charge is 2.50. The average Bonchev–Trinajstić information content (AvgIpc) is 2.27. The van der Waals surface area contributed by atoms with Crippen LogP contribution in [0, 0.1) is 17.2 Å². The summed E-state index contributed by atoms with van der Waals surface area (Å²) in [5.74, 6) is 0.497. The van der Waals surface area contributed by atoms with Gasteiger partial charge in [-0.3, -0.25) is 0 Å². The minimum atomic E-state index is 0.0705. The summed E-state index contributed by atoms with van der Waals surface area (Å²) in [6.45, 7) is 0. The lowest BCUT2D eigenvalue weighted by Crippen LogP contribution is -2.46. The van der Waals surface area contributed by atoms with Crippen molar-refractivity contribution in [3.63, 3.8) is 0 Å². The Morgan fingerprint density at radius 3 is 2.94 bits per heavy atom. The smallest absolute Gasteiger partial charge is 0.115 e. The van der Waals surface area contributed by atoms with Crippen LogP contribution in [0.5, 0.6) is 5.75 Å². The third kappa shape index (κ3) is 1.12. The number of fused-ring (bicyclic) bond motifs is 2. The molecule has 0 unspecified atom stereocenters. The van der Waals surface area contributed by atoms with Crippen LogP contribution in [0.1, 0.15) is 36.8 Å². The van der Waals surface area contributed by atoms with Gasteiger partial charge in [-0.05, 0) is 55.4 Å². The lowest BCUT2D eigenvalue weighted by molar-refractivity contribution is 0.143. The second kappa shape index (κ2) is 3.25. The Hall–Kier alpha value is -1.49. The van der Waals surface area contributed by atoms with E-state index in [2.05, 4.69) is 6.07 Å². The van der Waals surface area contributed by atoms with Gasteiger partial charge in [-0.25, -0.2) is 0 Å². The lowest BCUT2D eigenvalue weighted by atomic mass is 9.52. The number of nitrogens with zero attached hydrogens (tertiary/aromatic N) is 1. The minimum absolute atomic E-state index is 0.0705. The van der Waals surface area contributed by atoms with Crippen molar-refractivity contribution >= 4 is 0 Å². The van der Waals surface area contributed by atoms with Crippen molar-refractivity contribution in [2.75, 3.05) is 0 Å². The maximum atomic E-state index is 9.62. The Balaban J connectivity index is 2.13. The Bertz CT molecular complexity index is 474. The molecule has 0 saturated heterocycles. The van der Waals surface area contributed by atoms with Crippen LogP contribution in [-0.4, -0.2) is 5.11 Å². The molecule has 2 aliphatic carbocycles. The average molecular weight is 213 g/mol. The van der Waals surface area contributed by atoms with Crippen molar-refractivity contribution in [2.24, 2.45) is 5.92 Å². The van der Waals surface area contributed by atoms with Crippen LogP contribution in [0.3, 0.4) is 0 Å². The number of hydrogen-bond donors (Lipinski definition) is 1. The van der Waals surface area contributed by atoms with Gasteiger partial charge in [0, 0.05) is 5.41 Å². The molecule has 0 aromatic heterocycles. The molecule has 1 aromatic rings. The van der Waals surface area contributed by atoms with E-state index in [1.54, 1.807) is 6.07 Å². The zero-order valence-corrected chi connectivity index (χ0v) is 9.24. The molecule has 16 heavy (non-hydrogen) atoms. The number of aryl methyl sites for hydroxylation is 1. The molecule has 82 valence electrons. The number of nitriles is 1. The number of benzene rings is 1. The Labute approximate surface area is 95.5 Å². The first-order chi connectivity index (χ1) is 7.76. The number of phenols is 1. The summed E-state index contributed by atoms with van der Waals surface area (Å²) >= 11 is 0. The molecule has 2 heteroatoms. The van der Waals surface area contributed by atoms with E-state index in [4.69, 9.17) is 0 Å². The molecule has 2 nitrogen and oxygen atoms in total. The van der Waals surface area contributed by atoms with Crippen molar-refractivity contribution < 1.29 is 5.11 Å². The van der Waals surface area contributed by atoms with Crippen LogP contribution in [0.15, 0.2) is 18.2 Å². The zero-order chi connectivity index (χ0) is 11.2. The fourth-order valence-corrected chi connectivity index (χ4v) is 3.42. The quantitative estimate of drug-likeness (QED) is 0.720. The van der Waals surface area contributed by atoms with E-state index in [-0.39, 0.29) is 11.3 Å². The van der Waals surface area contributed by atoms with Crippen LogP contribution in [-0.2, 0) is 11.8 Å². The molecule has 0 heterocycles. The lowest BCUT2D eigenvalue weighted by Gasteiger charge is -2.50. The predicted octanol–water partition coefficient (Wildman–Crippen LogP) is 2.90. The van der Waals surface area contributed by atoms with Crippen LogP contribution >= 0.6 is 0 Å². The third-order valence-corrected chi connectivity index (χ3v) is 4.40. The molecule has 0 radical (unpaired) electrons. The molecule has 1 saturated carbocycles. The fraction of sp³-hybridized carbons (Fsp3) is 0.500. The van der Waals surface area contributed by atoms with Crippen LogP contribution in [0.4, 0.5) is 0 Å². The maximum absolute atomic E-state index is 9.62. The molecule has 0 amide bonds. The first-order valence-corrected chi connectivity index (χ1v) is 5.98. The second-order valence-corrected chi connectivity index (χ2v) is 5.07. The Morgan fingerprint density at radius 1 is 1.38 bits per heavy atom. The van der Waals surface area contributed by atoms with E-state index in [1.165, 1.54) is 17.5 Å². The largest absolute Gasteiger partial charge is 0.508 e. The van der Waals surface area contributed by atoms with Crippen LogP contribution in [0.25, 0.3) is 0 Å². The maximum Gasteiger partial charge on any atom is 0.115 e. The van der Waals surface area contributed by atoms with Crippen molar-refractivity contribution in [2.45, 2.75) is 37.5 Å². The van der Waals surface area contributed by atoms with Crippen molar-refractivity contribution in [1.82, 2.24) is 0 Å². The van der Waals surface area contributed by atoms with E-state index in [9.17, 15) is 10.4 Å². The highest BCUT2D eigenvalue weighted by molar-refractivity contribution is 5.45. The Kier molecular flexibility index (Phi) is 1.97. The van der Waals surface area contributed by atoms with Gasteiger partial charge in [-0.2, -0.15) is 5.26 Å². The van der Waals surface area contributed by atoms with Crippen LogP contribution < -0.4 is 0 Å². The van der Waals surface area contributed by atoms with Crippen LogP contribution in [0.2, 0.25) is 0 Å². The summed E-state index contributed by atoms with van der Waals surface area (Å²) in [4.78, 5) is 0. The van der Waals surface area contributed by atoms with E-state index in [0.717, 1.165) is 25.7 Å². The summed E-state index contributed by atoms with van der Waals surface area (Å²) in [6.07, 6.45) is 5.51. The first kappa shape index (κ1) is 9.72. The summed E-state index contributed by atoms with van der Waals surface area (Å²) in [5.41, 5.74) is 2.65. The summed E-state index contributed by atoms with van der Waals surface area (Å²) < 4.78 is 0. The highest BCUT2D eigenvalue weighted by atomic mass is 16.3. The zero-order valence-electron chi connectivity index (χ0n) is 9.24. The van der Waals surface area contributed by atoms with Crippen molar-refractivity contribution in [1.29, 1.82) is 5.26 Å². The molecule has 3 rings (SSSR count). The molecule has 2 aliphatic rings. The number of hydrogen-bond acceptors (Lipinski definition) is 2. The molecule has 1 aromatic carbocycles. The van der Waals surface area contributed by atoms with Gasteiger partial charge in [-0.15, -0.1) is 0 Å². The van der Waals surface area contributed by atoms with Crippen molar-refractivity contribution in [3.05, 3.63) is 29.3 Å². The molecule has 0 aliphatic heterocycles. The molecule has 2 atom stereocenters. The van der Waals surface area contributed by atoms with Gasteiger partial charge >= 0.3 is 0 Å². The van der Waals surface area contributed by atoms with Gasteiger partial charge in [0.2, 0.25) is 0 Å². The van der Waals surface area contributed by atoms with Gasteiger partial charge in [0.1, 0.15) is 5.75 Å². The normalized spacial score (nSPS) is 31.6. The Morgan fingerprint density at radius 2 is 2.25 bits per heavy atom. The highest BCUT2D eigenvalue weighted by Crippen LogP contribution is 2.55. The molecular formula is C14H15NO. The number of aromatic hydroxyl groups is 1. The van der Waals surface area contributed by atoms with Gasteiger partial charge in [0.25, 0.3) is 0 Å². The van der Waals surface area contributed by atoms with Gasteiger partial charge < -0.3 is 5.11 Å². The molecule has 1 fully saturated rings. The van der Waals surface area contributed by atoms with E-state index in [0.29, 0.717) is 5.75 Å². The van der Waals surface area contributed by atoms with E-state index in [1.807, 2.05) is 12.1 Å². The second-order valence-electron chi connectivity index (χ2n) is 5.07. The third-order valence-electron chi connectivity index (χ3n) is 4.40. The number of rotatable bonds is 0. The predicted molar refractivity (Wildman–Crippen MR) is 61.1 cm³/mol. The summed E-state index contributed by atoms with van der Waals surface area (Å²) in [6, 6.07) is 8.12. The molecule has 0 bridgehead atoms. The van der Waals surface area contributed by atoms with Gasteiger partial charge in [0.05, 0.1) is 12.0 Å². The SMILES string of the molecule is N#C[C@H]1CC[C@@]12CCCc1ccc(O)cc12. The first-order valence-electron chi connectivity index (χ1n) is 5.98. The molecule has 1 spiro atoms. The van der Waals surface area contributed by atoms with E-state index >= 15 is 0 Å². The standard InChI is InChI=1S/C14H15NO/c15-9-11-5-7-14(11)6-1-2-10-3-4-12(16)8-13(10)14/h3-4,8,11,16H,1-2,5-7H2/t11-,14+/m1/s1. The van der Waals surface area contributed by atoms with E-state index < -0.39 is 0 Å². The van der Waals surface area contributed by atoms with Gasteiger partial charge in [0.15, 0.2) is 0 Å².